The number of para-hydroxylation sites is 3. The summed E-state index contributed by atoms with van der Waals surface area (Å²) in [6.45, 7) is 0. The Bertz CT molecular complexity index is 1040. The van der Waals surface area contributed by atoms with Crippen LogP contribution in [0.25, 0.3) is 16.7 Å². The molecule has 0 fully saturated rings. The average Bonchev–Trinajstić information content (AvgIpc) is 3.05. The highest BCUT2D eigenvalue weighted by Gasteiger charge is 2.23. The number of aromatic nitrogens is 2. The maximum atomic E-state index is 12.1. The highest BCUT2D eigenvalue weighted by atomic mass is 32.2. The summed E-state index contributed by atoms with van der Waals surface area (Å²) in [5.74, 6) is -0.382. The Hall–Kier alpha value is -3.05. The minimum Gasteiger partial charge on any atom is -0.368 e. The standard InChI is InChI=1S/C21H17N3OS/c22-20(25)19(15-9-3-1-4-10-15)26-21-23-17-13-7-8-14-18(17)24(21)16-11-5-2-6-12-16/h1-14,19H,(H2,22,25). The van der Waals surface area contributed by atoms with Crippen molar-refractivity contribution in [2.24, 2.45) is 5.73 Å². The molecule has 4 aromatic rings. The van der Waals surface area contributed by atoms with E-state index in [2.05, 4.69) is 4.57 Å². The van der Waals surface area contributed by atoms with Crippen molar-refractivity contribution in [2.75, 3.05) is 0 Å². The molecule has 4 nitrogen and oxygen atoms in total. The fourth-order valence-corrected chi connectivity index (χ4v) is 4.01. The molecule has 0 radical (unpaired) electrons. The fraction of sp³-hybridized carbons (Fsp3) is 0.0476. The third-order valence-corrected chi connectivity index (χ3v) is 5.35. The Morgan fingerprint density at radius 2 is 1.50 bits per heavy atom. The van der Waals surface area contributed by atoms with Crippen molar-refractivity contribution in [1.29, 1.82) is 0 Å². The summed E-state index contributed by atoms with van der Waals surface area (Å²) in [5, 5.41) is 0.237. The molecule has 26 heavy (non-hydrogen) atoms. The second-order valence-corrected chi connectivity index (χ2v) is 6.94. The topological polar surface area (TPSA) is 60.9 Å². The third-order valence-electron chi connectivity index (χ3n) is 4.13. The molecule has 1 unspecified atom stereocenters. The van der Waals surface area contributed by atoms with Crippen LogP contribution in [0.4, 0.5) is 0 Å². The molecule has 0 aliphatic rings. The second kappa shape index (κ2) is 7.06. The zero-order valence-electron chi connectivity index (χ0n) is 13.9. The van der Waals surface area contributed by atoms with Crippen LogP contribution in [-0.2, 0) is 4.79 Å². The van der Waals surface area contributed by atoms with Gasteiger partial charge in [0.2, 0.25) is 5.91 Å². The van der Waals surface area contributed by atoms with Crippen LogP contribution in [0, 0.1) is 0 Å². The molecule has 0 bridgehead atoms. The van der Waals surface area contributed by atoms with E-state index in [0.29, 0.717) is 0 Å². The molecule has 3 aromatic carbocycles. The van der Waals surface area contributed by atoms with Gasteiger partial charge in [-0.15, -0.1) is 0 Å². The molecule has 0 aliphatic heterocycles. The Morgan fingerprint density at radius 3 is 2.19 bits per heavy atom. The number of thioether (sulfide) groups is 1. The van der Waals surface area contributed by atoms with Crippen LogP contribution in [0.15, 0.2) is 90.1 Å². The summed E-state index contributed by atoms with van der Waals surface area (Å²) in [6.07, 6.45) is 0. The first-order chi connectivity index (χ1) is 12.7. The number of amides is 1. The molecular formula is C21H17N3OS. The largest absolute Gasteiger partial charge is 0.368 e. The number of hydrogen-bond acceptors (Lipinski definition) is 3. The zero-order valence-corrected chi connectivity index (χ0v) is 14.8. The van der Waals surface area contributed by atoms with E-state index < -0.39 is 5.25 Å². The van der Waals surface area contributed by atoms with Gasteiger partial charge < -0.3 is 5.73 Å². The number of nitrogens with two attached hydrogens (primary N) is 1. The molecule has 1 aromatic heterocycles. The van der Waals surface area contributed by atoms with Crippen LogP contribution < -0.4 is 5.73 Å². The van der Waals surface area contributed by atoms with Crippen LogP contribution in [0.2, 0.25) is 0 Å². The third kappa shape index (κ3) is 3.09. The molecule has 4 rings (SSSR count). The van der Waals surface area contributed by atoms with E-state index in [4.69, 9.17) is 10.7 Å². The van der Waals surface area contributed by atoms with Crippen molar-refractivity contribution < 1.29 is 4.79 Å². The minimum atomic E-state index is -0.504. The van der Waals surface area contributed by atoms with Gasteiger partial charge in [0.25, 0.3) is 0 Å². The molecule has 1 heterocycles. The van der Waals surface area contributed by atoms with Crippen LogP contribution in [-0.4, -0.2) is 15.5 Å². The van der Waals surface area contributed by atoms with Gasteiger partial charge in [0.15, 0.2) is 5.16 Å². The lowest BCUT2D eigenvalue weighted by Crippen LogP contribution is -2.19. The zero-order chi connectivity index (χ0) is 17.9. The van der Waals surface area contributed by atoms with Gasteiger partial charge in [-0.05, 0) is 29.8 Å². The van der Waals surface area contributed by atoms with E-state index in [1.165, 1.54) is 11.8 Å². The summed E-state index contributed by atoms with van der Waals surface area (Å²) >= 11 is 1.37. The molecular weight excluding hydrogens is 342 g/mol. The van der Waals surface area contributed by atoms with Crippen molar-refractivity contribution in [2.45, 2.75) is 10.4 Å². The maximum Gasteiger partial charge on any atom is 0.235 e. The molecule has 0 saturated heterocycles. The summed E-state index contributed by atoms with van der Waals surface area (Å²) in [4.78, 5) is 16.9. The van der Waals surface area contributed by atoms with Crippen LogP contribution >= 0.6 is 11.8 Å². The predicted molar refractivity (Wildman–Crippen MR) is 105 cm³/mol. The number of rotatable bonds is 5. The summed E-state index contributed by atoms with van der Waals surface area (Å²) in [7, 11) is 0. The average molecular weight is 359 g/mol. The van der Waals surface area contributed by atoms with Crippen molar-refractivity contribution in [3.05, 3.63) is 90.5 Å². The van der Waals surface area contributed by atoms with Crippen molar-refractivity contribution >= 4 is 28.7 Å². The lowest BCUT2D eigenvalue weighted by Gasteiger charge is -2.15. The first-order valence-corrected chi connectivity index (χ1v) is 9.16. The van der Waals surface area contributed by atoms with E-state index in [9.17, 15) is 4.79 Å². The Balaban J connectivity index is 1.85. The van der Waals surface area contributed by atoms with E-state index in [0.717, 1.165) is 27.4 Å². The van der Waals surface area contributed by atoms with E-state index in [1.54, 1.807) is 0 Å². The number of nitrogens with zero attached hydrogens (tertiary/aromatic N) is 2. The van der Waals surface area contributed by atoms with Gasteiger partial charge in [0.1, 0.15) is 5.25 Å². The SMILES string of the molecule is NC(=O)C(Sc1nc2ccccc2n1-c1ccccc1)c1ccccc1. The summed E-state index contributed by atoms with van der Waals surface area (Å²) in [5.41, 5.74) is 9.46. The number of benzene rings is 3. The normalized spacial score (nSPS) is 12.2. The monoisotopic (exact) mass is 359 g/mol. The van der Waals surface area contributed by atoms with Gasteiger partial charge in [0.05, 0.1) is 11.0 Å². The Morgan fingerprint density at radius 1 is 0.885 bits per heavy atom. The van der Waals surface area contributed by atoms with E-state index >= 15 is 0 Å². The van der Waals surface area contributed by atoms with Gasteiger partial charge in [-0.2, -0.15) is 0 Å². The summed E-state index contributed by atoms with van der Waals surface area (Å²) in [6, 6.07) is 27.5. The molecule has 0 spiro atoms. The smallest absolute Gasteiger partial charge is 0.235 e. The fourth-order valence-electron chi connectivity index (χ4n) is 2.93. The lowest BCUT2D eigenvalue weighted by molar-refractivity contribution is -0.117. The lowest BCUT2D eigenvalue weighted by atomic mass is 10.1. The number of carbonyl (C=O) groups excluding carboxylic acids is 1. The van der Waals surface area contributed by atoms with Crippen molar-refractivity contribution in [1.82, 2.24) is 9.55 Å². The van der Waals surface area contributed by atoms with Gasteiger partial charge >= 0.3 is 0 Å². The first kappa shape index (κ1) is 16.4. The van der Waals surface area contributed by atoms with Crippen molar-refractivity contribution in [3.63, 3.8) is 0 Å². The molecule has 1 amide bonds. The highest BCUT2D eigenvalue weighted by Crippen LogP contribution is 2.37. The van der Waals surface area contributed by atoms with Crippen LogP contribution in [0.1, 0.15) is 10.8 Å². The van der Waals surface area contributed by atoms with Gasteiger partial charge in [-0.3, -0.25) is 9.36 Å². The van der Waals surface area contributed by atoms with E-state index in [1.807, 2.05) is 84.9 Å². The molecule has 5 heteroatoms. The predicted octanol–water partition coefficient (Wildman–Crippen LogP) is 4.34. The minimum absolute atomic E-state index is 0.382. The highest BCUT2D eigenvalue weighted by molar-refractivity contribution is 8.00. The van der Waals surface area contributed by atoms with Gasteiger partial charge in [0, 0.05) is 5.69 Å². The quantitative estimate of drug-likeness (QED) is 0.539. The van der Waals surface area contributed by atoms with Gasteiger partial charge in [-0.25, -0.2) is 4.98 Å². The molecule has 0 saturated carbocycles. The second-order valence-electron chi connectivity index (χ2n) is 5.86. The Kier molecular flexibility index (Phi) is 4.46. The molecule has 2 N–H and O–H groups in total. The number of primary amides is 1. The number of imidazole rings is 1. The van der Waals surface area contributed by atoms with Crippen molar-refractivity contribution in [3.8, 4) is 5.69 Å². The van der Waals surface area contributed by atoms with Crippen LogP contribution in [0.3, 0.4) is 0 Å². The first-order valence-electron chi connectivity index (χ1n) is 8.28. The number of fused-ring (bicyclic) bond motifs is 1. The van der Waals surface area contributed by atoms with Crippen LogP contribution in [0.5, 0.6) is 0 Å². The molecule has 0 aliphatic carbocycles. The number of carbonyl (C=O) groups is 1. The maximum absolute atomic E-state index is 12.1. The van der Waals surface area contributed by atoms with Gasteiger partial charge in [-0.1, -0.05) is 72.4 Å². The Labute approximate surface area is 155 Å². The molecule has 1 atom stereocenters. The van der Waals surface area contributed by atoms with E-state index in [-0.39, 0.29) is 5.91 Å². The summed E-state index contributed by atoms with van der Waals surface area (Å²) < 4.78 is 2.07. The molecule has 128 valence electrons. The number of hydrogen-bond donors (Lipinski definition) is 1.